The van der Waals surface area contributed by atoms with E-state index in [0.29, 0.717) is 22.8 Å². The molecule has 0 saturated carbocycles. The van der Waals surface area contributed by atoms with Crippen LogP contribution in [-0.2, 0) is 0 Å². The predicted molar refractivity (Wildman–Crippen MR) is 88.1 cm³/mol. The Morgan fingerprint density at radius 1 is 1.09 bits per heavy atom. The van der Waals surface area contributed by atoms with Crippen LogP contribution in [0.2, 0.25) is 0 Å². The maximum absolute atomic E-state index is 12.4. The zero-order valence-electron chi connectivity index (χ0n) is 13.3. The van der Waals surface area contributed by atoms with Crippen molar-refractivity contribution in [3.63, 3.8) is 0 Å². The molecule has 1 aliphatic rings. The maximum atomic E-state index is 12.4. The van der Waals surface area contributed by atoms with Gasteiger partial charge in [-0.25, -0.2) is 0 Å². The van der Waals surface area contributed by atoms with Crippen LogP contribution in [0.15, 0.2) is 48.2 Å². The van der Waals surface area contributed by atoms with Crippen molar-refractivity contribution < 1.29 is 19.0 Å². The minimum Gasteiger partial charge on any atom is -0.497 e. The van der Waals surface area contributed by atoms with Crippen molar-refractivity contribution in [2.75, 3.05) is 7.11 Å². The summed E-state index contributed by atoms with van der Waals surface area (Å²) >= 11 is 0. The molecule has 2 aromatic rings. The van der Waals surface area contributed by atoms with E-state index in [0.717, 1.165) is 11.3 Å². The molecular formula is C19H18O4. The molecule has 1 aliphatic heterocycles. The number of rotatable bonds is 4. The van der Waals surface area contributed by atoms with Crippen LogP contribution in [0, 0.1) is 0 Å². The van der Waals surface area contributed by atoms with E-state index in [1.807, 2.05) is 38.1 Å². The third kappa shape index (κ3) is 3.21. The van der Waals surface area contributed by atoms with Gasteiger partial charge in [-0.15, -0.1) is 0 Å². The first-order valence-corrected chi connectivity index (χ1v) is 7.46. The van der Waals surface area contributed by atoms with Crippen molar-refractivity contribution in [3.05, 3.63) is 59.4 Å². The lowest BCUT2D eigenvalue weighted by molar-refractivity contribution is 0.101. The number of carbonyl (C=O) groups is 1. The molecule has 0 aliphatic carbocycles. The third-order valence-corrected chi connectivity index (χ3v) is 3.40. The van der Waals surface area contributed by atoms with E-state index in [1.54, 1.807) is 31.4 Å². The molecule has 0 bridgehead atoms. The first kappa shape index (κ1) is 15.2. The smallest absolute Gasteiger partial charge is 0.231 e. The summed E-state index contributed by atoms with van der Waals surface area (Å²) in [6.45, 7) is 3.90. The van der Waals surface area contributed by atoms with Crippen molar-refractivity contribution in [2.45, 2.75) is 20.0 Å². The molecule has 3 rings (SSSR count). The lowest BCUT2D eigenvalue weighted by Gasteiger charge is -2.09. The first-order chi connectivity index (χ1) is 11.1. The van der Waals surface area contributed by atoms with Gasteiger partial charge >= 0.3 is 0 Å². The molecule has 0 amide bonds. The zero-order chi connectivity index (χ0) is 16.4. The number of carbonyl (C=O) groups excluding carboxylic acids is 1. The van der Waals surface area contributed by atoms with Crippen LogP contribution in [-0.4, -0.2) is 19.0 Å². The van der Waals surface area contributed by atoms with Gasteiger partial charge in [-0.2, -0.15) is 0 Å². The molecule has 118 valence electrons. The standard InChI is InChI=1S/C19H18O4/c1-12(2)22-15-7-8-16-17(11-15)23-18(19(16)20)10-13-5-4-6-14(9-13)21-3/h4-12H,1-3H3. The van der Waals surface area contributed by atoms with E-state index >= 15 is 0 Å². The highest BCUT2D eigenvalue weighted by Crippen LogP contribution is 2.35. The lowest BCUT2D eigenvalue weighted by atomic mass is 10.1. The van der Waals surface area contributed by atoms with E-state index in [4.69, 9.17) is 14.2 Å². The molecule has 0 unspecified atom stereocenters. The molecule has 0 fully saturated rings. The summed E-state index contributed by atoms with van der Waals surface area (Å²) in [5, 5.41) is 0. The van der Waals surface area contributed by atoms with Gasteiger partial charge in [0.25, 0.3) is 0 Å². The lowest BCUT2D eigenvalue weighted by Crippen LogP contribution is -2.05. The molecule has 1 heterocycles. The number of fused-ring (bicyclic) bond motifs is 1. The Balaban J connectivity index is 1.89. The van der Waals surface area contributed by atoms with Crippen LogP contribution in [0.25, 0.3) is 6.08 Å². The second-order valence-electron chi connectivity index (χ2n) is 5.54. The fraction of sp³-hybridized carbons (Fsp3) is 0.211. The predicted octanol–water partition coefficient (Wildman–Crippen LogP) is 4.10. The summed E-state index contributed by atoms with van der Waals surface area (Å²) in [5.74, 6) is 2.13. The van der Waals surface area contributed by atoms with Crippen LogP contribution < -0.4 is 14.2 Å². The monoisotopic (exact) mass is 310 g/mol. The molecule has 0 atom stereocenters. The van der Waals surface area contributed by atoms with Gasteiger partial charge in [0, 0.05) is 6.07 Å². The summed E-state index contributed by atoms with van der Waals surface area (Å²) in [4.78, 5) is 12.4. The highest BCUT2D eigenvalue weighted by Gasteiger charge is 2.27. The highest BCUT2D eigenvalue weighted by atomic mass is 16.5. The second-order valence-corrected chi connectivity index (χ2v) is 5.54. The number of methoxy groups -OCH3 is 1. The number of Topliss-reactive ketones (excluding diaryl/α,β-unsaturated/α-hetero) is 1. The van der Waals surface area contributed by atoms with Gasteiger partial charge in [0.15, 0.2) is 5.76 Å². The zero-order valence-corrected chi connectivity index (χ0v) is 13.3. The van der Waals surface area contributed by atoms with Gasteiger partial charge in [-0.1, -0.05) is 12.1 Å². The Hall–Kier alpha value is -2.75. The van der Waals surface area contributed by atoms with Gasteiger partial charge in [0.05, 0.1) is 18.8 Å². The van der Waals surface area contributed by atoms with Gasteiger partial charge in [-0.05, 0) is 49.8 Å². The maximum Gasteiger partial charge on any atom is 0.231 e. The summed E-state index contributed by atoms with van der Waals surface area (Å²) < 4.78 is 16.5. The fourth-order valence-electron chi connectivity index (χ4n) is 2.40. The minimum absolute atomic E-state index is 0.0666. The highest BCUT2D eigenvalue weighted by molar-refractivity contribution is 6.14. The van der Waals surface area contributed by atoms with Gasteiger partial charge in [-0.3, -0.25) is 4.79 Å². The number of ketones is 1. The first-order valence-electron chi connectivity index (χ1n) is 7.46. The SMILES string of the molecule is COc1cccc(C=C2Oc3cc(OC(C)C)ccc3C2=O)c1. The molecule has 0 aromatic heterocycles. The topological polar surface area (TPSA) is 44.8 Å². The van der Waals surface area contributed by atoms with Crippen molar-refractivity contribution in [1.82, 2.24) is 0 Å². The van der Waals surface area contributed by atoms with E-state index in [9.17, 15) is 4.79 Å². The normalized spacial score (nSPS) is 14.8. The molecule has 2 aromatic carbocycles. The minimum atomic E-state index is -0.126. The van der Waals surface area contributed by atoms with E-state index < -0.39 is 0 Å². The van der Waals surface area contributed by atoms with Gasteiger partial charge in [0.1, 0.15) is 17.2 Å². The molecule has 4 nitrogen and oxygen atoms in total. The summed E-state index contributed by atoms with van der Waals surface area (Å²) in [7, 11) is 1.61. The van der Waals surface area contributed by atoms with Gasteiger partial charge in [0.2, 0.25) is 5.78 Å². The van der Waals surface area contributed by atoms with E-state index in [-0.39, 0.29) is 11.9 Å². The Morgan fingerprint density at radius 2 is 1.91 bits per heavy atom. The molecule has 0 saturated heterocycles. The third-order valence-electron chi connectivity index (χ3n) is 3.40. The Kier molecular flexibility index (Phi) is 4.06. The largest absolute Gasteiger partial charge is 0.497 e. The molecule has 0 N–H and O–H groups in total. The van der Waals surface area contributed by atoms with Crippen molar-refractivity contribution in [3.8, 4) is 17.2 Å². The van der Waals surface area contributed by atoms with E-state index in [1.165, 1.54) is 0 Å². The van der Waals surface area contributed by atoms with Gasteiger partial charge < -0.3 is 14.2 Å². The molecular weight excluding hydrogens is 292 g/mol. The number of benzene rings is 2. The van der Waals surface area contributed by atoms with Crippen LogP contribution in [0.1, 0.15) is 29.8 Å². The number of ether oxygens (including phenoxy) is 3. The number of hydrogen-bond donors (Lipinski definition) is 0. The molecule has 4 heteroatoms. The Labute approximate surface area is 135 Å². The van der Waals surface area contributed by atoms with Crippen LogP contribution in [0.3, 0.4) is 0 Å². The van der Waals surface area contributed by atoms with Crippen molar-refractivity contribution >= 4 is 11.9 Å². The summed E-state index contributed by atoms with van der Waals surface area (Å²) in [6.07, 6.45) is 1.78. The Bertz CT molecular complexity index is 775. The fourth-order valence-corrected chi connectivity index (χ4v) is 2.40. The van der Waals surface area contributed by atoms with Crippen LogP contribution in [0.5, 0.6) is 17.2 Å². The quantitative estimate of drug-likeness (QED) is 0.798. The average Bonchev–Trinajstić information content (AvgIpc) is 2.82. The molecule has 0 radical (unpaired) electrons. The summed E-state index contributed by atoms with van der Waals surface area (Å²) in [5.41, 5.74) is 1.40. The number of allylic oxidation sites excluding steroid dienone is 1. The van der Waals surface area contributed by atoms with Crippen LogP contribution >= 0.6 is 0 Å². The molecule has 23 heavy (non-hydrogen) atoms. The van der Waals surface area contributed by atoms with Crippen molar-refractivity contribution in [2.24, 2.45) is 0 Å². The Morgan fingerprint density at radius 3 is 2.65 bits per heavy atom. The average molecular weight is 310 g/mol. The molecule has 0 spiro atoms. The number of hydrogen-bond acceptors (Lipinski definition) is 4. The van der Waals surface area contributed by atoms with E-state index in [2.05, 4.69) is 0 Å². The summed E-state index contributed by atoms with van der Waals surface area (Å²) in [6, 6.07) is 12.7. The second kappa shape index (κ2) is 6.16. The van der Waals surface area contributed by atoms with Crippen molar-refractivity contribution in [1.29, 1.82) is 0 Å². The van der Waals surface area contributed by atoms with Crippen LogP contribution in [0.4, 0.5) is 0 Å².